The maximum atomic E-state index is 5.12. The molecule has 4 nitrogen and oxygen atoms in total. The largest absolute Gasteiger partial charge is 0.556 e. The number of hydrogen-bond acceptors (Lipinski definition) is 4. The first-order valence-corrected chi connectivity index (χ1v) is 5.80. The predicted molar refractivity (Wildman–Crippen MR) is 51.9 cm³/mol. The molecular weight excluding hydrogens is 188 g/mol. The lowest BCUT2D eigenvalue weighted by atomic mass is 10.2. The van der Waals surface area contributed by atoms with E-state index in [2.05, 4.69) is 6.58 Å². The Labute approximate surface area is 80.7 Å². The molecule has 0 saturated carbocycles. The van der Waals surface area contributed by atoms with Crippen molar-refractivity contribution in [1.82, 2.24) is 0 Å². The average molecular weight is 206 g/mol. The maximum absolute atomic E-state index is 5.12. The van der Waals surface area contributed by atoms with Gasteiger partial charge in [0.2, 0.25) is 0 Å². The van der Waals surface area contributed by atoms with E-state index in [1.54, 1.807) is 0 Å². The molecule has 5 heteroatoms. The highest BCUT2D eigenvalue weighted by molar-refractivity contribution is 6.65. The van der Waals surface area contributed by atoms with Gasteiger partial charge in [-0.15, -0.1) is 0 Å². The zero-order valence-corrected chi connectivity index (χ0v) is 9.92. The molecule has 0 unspecified atom stereocenters. The van der Waals surface area contributed by atoms with Crippen molar-refractivity contribution < 1.29 is 18.3 Å². The molecule has 0 radical (unpaired) electrons. The quantitative estimate of drug-likeness (QED) is 0.390. The van der Waals surface area contributed by atoms with Gasteiger partial charge in [-0.3, -0.25) is 0 Å². The van der Waals surface area contributed by atoms with Gasteiger partial charge in [0, 0.05) is 14.2 Å². The van der Waals surface area contributed by atoms with Crippen molar-refractivity contribution in [2.75, 3.05) is 14.2 Å². The molecule has 0 bridgehead atoms. The third kappa shape index (κ3) is 4.54. The van der Waals surface area contributed by atoms with E-state index in [0.717, 1.165) is 0 Å². The molecule has 0 heterocycles. The summed E-state index contributed by atoms with van der Waals surface area (Å²) in [6.07, 6.45) is 0. The second-order valence-electron chi connectivity index (χ2n) is 3.49. The second-order valence-corrected chi connectivity index (χ2v) is 6.09. The van der Waals surface area contributed by atoms with Crippen molar-refractivity contribution in [3.63, 3.8) is 0 Å². The van der Waals surface area contributed by atoms with Crippen LogP contribution in [-0.4, -0.2) is 28.6 Å². The standard InChI is InChI=1S/C8H18O4Si/c1-7-13(9-5,10-6)12-11-8(2,3)4/h7H,1H2,2-6H3. The van der Waals surface area contributed by atoms with Crippen LogP contribution in [0.25, 0.3) is 0 Å². The highest BCUT2D eigenvalue weighted by atomic mass is 28.4. The lowest BCUT2D eigenvalue weighted by Crippen LogP contribution is -2.44. The molecule has 0 aromatic heterocycles. The first-order chi connectivity index (χ1) is 5.89. The molecule has 0 atom stereocenters. The minimum atomic E-state index is -2.79. The number of hydrogen-bond donors (Lipinski definition) is 0. The van der Waals surface area contributed by atoms with Crippen molar-refractivity contribution in [3.8, 4) is 0 Å². The number of rotatable bonds is 5. The van der Waals surface area contributed by atoms with Gasteiger partial charge < -0.3 is 8.85 Å². The summed E-state index contributed by atoms with van der Waals surface area (Å²) in [5.41, 5.74) is 1.12. The summed E-state index contributed by atoms with van der Waals surface area (Å²) < 4.78 is 15.3. The fourth-order valence-corrected chi connectivity index (χ4v) is 1.61. The topological polar surface area (TPSA) is 36.9 Å². The Bertz CT molecular complexity index is 160. The molecule has 78 valence electrons. The normalized spacial score (nSPS) is 13.0. The monoisotopic (exact) mass is 206 g/mol. The van der Waals surface area contributed by atoms with Crippen LogP contribution in [0.15, 0.2) is 12.3 Å². The fourth-order valence-electron chi connectivity index (χ4n) is 0.535. The van der Waals surface area contributed by atoms with Crippen molar-refractivity contribution in [1.29, 1.82) is 0 Å². The van der Waals surface area contributed by atoms with Crippen LogP contribution in [0, 0.1) is 0 Å². The molecule has 0 aromatic carbocycles. The summed E-state index contributed by atoms with van der Waals surface area (Å²) >= 11 is 0. The minimum Gasteiger partial charge on any atom is -0.372 e. The van der Waals surface area contributed by atoms with E-state index in [1.165, 1.54) is 19.9 Å². The zero-order valence-electron chi connectivity index (χ0n) is 8.92. The van der Waals surface area contributed by atoms with Gasteiger partial charge in [0.15, 0.2) is 0 Å². The van der Waals surface area contributed by atoms with Crippen LogP contribution in [0.3, 0.4) is 0 Å². The SMILES string of the molecule is C=C[Si](OC)(OC)OOC(C)(C)C. The van der Waals surface area contributed by atoms with Gasteiger partial charge in [-0.1, -0.05) is 6.58 Å². The summed E-state index contributed by atoms with van der Waals surface area (Å²) in [6, 6.07) is 0. The van der Waals surface area contributed by atoms with E-state index >= 15 is 0 Å². The van der Waals surface area contributed by atoms with Crippen LogP contribution in [-0.2, 0) is 18.3 Å². The van der Waals surface area contributed by atoms with Gasteiger partial charge in [-0.25, -0.2) is 9.46 Å². The highest BCUT2D eigenvalue weighted by Crippen LogP contribution is 2.15. The summed E-state index contributed by atoms with van der Waals surface area (Å²) in [4.78, 5) is 5.11. The van der Waals surface area contributed by atoms with Gasteiger partial charge in [0.1, 0.15) is 0 Å². The Hall–Kier alpha value is -0.203. The van der Waals surface area contributed by atoms with Crippen LogP contribution in [0.1, 0.15) is 20.8 Å². The Morgan fingerprint density at radius 1 is 1.15 bits per heavy atom. The Morgan fingerprint density at radius 3 is 1.85 bits per heavy atom. The van der Waals surface area contributed by atoms with Crippen molar-refractivity contribution >= 4 is 8.80 Å². The van der Waals surface area contributed by atoms with Crippen LogP contribution >= 0.6 is 0 Å². The average Bonchev–Trinajstić information content (AvgIpc) is 2.06. The van der Waals surface area contributed by atoms with E-state index in [9.17, 15) is 0 Å². The van der Waals surface area contributed by atoms with Crippen molar-refractivity contribution in [3.05, 3.63) is 12.3 Å². The van der Waals surface area contributed by atoms with E-state index in [0.29, 0.717) is 0 Å². The van der Waals surface area contributed by atoms with E-state index < -0.39 is 14.4 Å². The van der Waals surface area contributed by atoms with E-state index in [4.69, 9.17) is 18.3 Å². The Balaban J connectivity index is 4.19. The molecule has 0 fully saturated rings. The van der Waals surface area contributed by atoms with Crippen LogP contribution in [0.5, 0.6) is 0 Å². The lowest BCUT2D eigenvalue weighted by Gasteiger charge is -2.26. The maximum Gasteiger partial charge on any atom is 0.556 e. The van der Waals surface area contributed by atoms with Crippen LogP contribution in [0.2, 0.25) is 0 Å². The summed E-state index contributed by atoms with van der Waals surface area (Å²) in [5.74, 6) is 0. The van der Waals surface area contributed by atoms with Crippen LogP contribution in [0.4, 0.5) is 0 Å². The molecule has 13 heavy (non-hydrogen) atoms. The molecular formula is C8H18O4Si. The predicted octanol–water partition coefficient (Wildman–Crippen LogP) is 1.69. The minimum absolute atomic E-state index is 0.391. The molecule has 0 saturated heterocycles. The molecule has 0 aliphatic rings. The molecule has 0 aliphatic carbocycles. The lowest BCUT2D eigenvalue weighted by molar-refractivity contribution is -0.304. The molecule has 0 N–H and O–H groups in total. The fraction of sp³-hybridized carbons (Fsp3) is 0.750. The molecule has 0 rings (SSSR count). The Kier molecular flexibility index (Phi) is 4.80. The molecule has 0 spiro atoms. The molecule has 0 amide bonds. The third-order valence-corrected chi connectivity index (χ3v) is 3.18. The third-order valence-electron chi connectivity index (χ3n) is 1.23. The molecule has 0 aliphatic heterocycles. The van der Waals surface area contributed by atoms with Gasteiger partial charge in [-0.05, 0) is 26.5 Å². The van der Waals surface area contributed by atoms with Crippen molar-refractivity contribution in [2.24, 2.45) is 0 Å². The summed E-state index contributed by atoms with van der Waals surface area (Å²) in [6.45, 7) is 9.21. The summed E-state index contributed by atoms with van der Waals surface area (Å²) in [5, 5.41) is 0. The van der Waals surface area contributed by atoms with Crippen molar-refractivity contribution in [2.45, 2.75) is 26.4 Å². The smallest absolute Gasteiger partial charge is 0.372 e. The van der Waals surface area contributed by atoms with Gasteiger partial charge in [-0.2, -0.15) is 0 Å². The van der Waals surface area contributed by atoms with Crippen LogP contribution < -0.4 is 0 Å². The van der Waals surface area contributed by atoms with E-state index in [1.807, 2.05) is 20.8 Å². The van der Waals surface area contributed by atoms with Gasteiger partial charge in [0.25, 0.3) is 0 Å². The Morgan fingerprint density at radius 2 is 1.62 bits per heavy atom. The van der Waals surface area contributed by atoms with Gasteiger partial charge in [0.05, 0.1) is 5.60 Å². The second kappa shape index (κ2) is 4.87. The first-order valence-electron chi connectivity index (χ1n) is 4.00. The van der Waals surface area contributed by atoms with E-state index in [-0.39, 0.29) is 0 Å². The zero-order chi connectivity index (χ0) is 10.5. The highest BCUT2D eigenvalue weighted by Gasteiger charge is 2.38. The first kappa shape index (κ1) is 12.8. The molecule has 0 aromatic rings. The summed E-state index contributed by atoms with van der Waals surface area (Å²) in [7, 11) is 0.221. The van der Waals surface area contributed by atoms with Gasteiger partial charge >= 0.3 is 8.80 Å².